The topological polar surface area (TPSA) is 113 Å². The molecule has 10 nitrogen and oxygen atoms in total. The van der Waals surface area contributed by atoms with Crippen LogP contribution in [0.3, 0.4) is 0 Å². The Morgan fingerprint density at radius 3 is 2.61 bits per heavy atom. The summed E-state index contributed by atoms with van der Waals surface area (Å²) in [4.78, 5) is 42.6. The molecule has 0 unspecified atom stereocenters. The van der Waals surface area contributed by atoms with Gasteiger partial charge in [0.2, 0.25) is 11.9 Å². The van der Waals surface area contributed by atoms with Crippen molar-refractivity contribution in [1.29, 1.82) is 0 Å². The first kappa shape index (κ1) is 28.6. The number of piperidine rings is 1. The quantitative estimate of drug-likeness (QED) is 0.407. The van der Waals surface area contributed by atoms with Crippen LogP contribution in [0.5, 0.6) is 0 Å². The summed E-state index contributed by atoms with van der Waals surface area (Å²) in [6, 6.07) is 8.16. The summed E-state index contributed by atoms with van der Waals surface area (Å²) < 4.78 is 5.50. The van der Waals surface area contributed by atoms with Gasteiger partial charge in [-0.3, -0.25) is 9.78 Å². The molecule has 4 heterocycles. The third-order valence-electron chi connectivity index (χ3n) is 7.23. The maximum Gasteiger partial charge on any atom is 0.410 e. The predicted octanol–water partition coefficient (Wildman–Crippen LogP) is 5.72. The van der Waals surface area contributed by atoms with Crippen LogP contribution in [0, 0.1) is 5.92 Å². The zero-order valence-corrected chi connectivity index (χ0v) is 24.7. The molecule has 2 aromatic heterocycles. The maximum absolute atomic E-state index is 13.4. The molecule has 11 heteroatoms. The number of anilines is 4. The number of nitrogens with one attached hydrogen (secondary N) is 2. The van der Waals surface area contributed by atoms with Crippen LogP contribution in [0.2, 0.25) is 5.02 Å². The molecule has 0 aliphatic carbocycles. The number of hydrogen-bond donors (Lipinski definition) is 2. The Kier molecular flexibility index (Phi) is 8.30. The highest BCUT2D eigenvalue weighted by atomic mass is 35.5. The van der Waals surface area contributed by atoms with Crippen LogP contribution in [0.25, 0.3) is 0 Å². The molecule has 0 radical (unpaired) electrons. The molecular weight excluding hydrogens is 542 g/mol. The van der Waals surface area contributed by atoms with Crippen LogP contribution in [0.15, 0.2) is 42.9 Å². The number of aromatic nitrogens is 3. The number of carbonyl (C=O) groups excluding carboxylic acids is 2. The van der Waals surface area contributed by atoms with E-state index in [2.05, 4.69) is 37.7 Å². The van der Waals surface area contributed by atoms with Crippen molar-refractivity contribution in [2.24, 2.45) is 5.92 Å². The van der Waals surface area contributed by atoms with Crippen molar-refractivity contribution in [1.82, 2.24) is 24.8 Å². The molecule has 5 rings (SSSR count). The lowest BCUT2D eigenvalue weighted by atomic mass is 9.94. The van der Waals surface area contributed by atoms with E-state index in [9.17, 15) is 9.59 Å². The van der Waals surface area contributed by atoms with E-state index in [4.69, 9.17) is 16.3 Å². The largest absolute Gasteiger partial charge is 0.444 e. The summed E-state index contributed by atoms with van der Waals surface area (Å²) in [6.07, 6.45) is 7.63. The fourth-order valence-electron chi connectivity index (χ4n) is 5.12. The minimum atomic E-state index is -0.539. The first-order valence-corrected chi connectivity index (χ1v) is 14.3. The number of pyridine rings is 1. The zero-order chi connectivity index (χ0) is 29.1. The Labute approximate surface area is 245 Å². The van der Waals surface area contributed by atoms with E-state index in [1.165, 1.54) is 0 Å². The van der Waals surface area contributed by atoms with Crippen LogP contribution < -0.4 is 10.6 Å². The average molecular weight is 578 g/mol. The highest BCUT2D eigenvalue weighted by Gasteiger charge is 2.31. The van der Waals surface area contributed by atoms with Crippen LogP contribution >= 0.6 is 11.6 Å². The molecule has 1 fully saturated rings. The van der Waals surface area contributed by atoms with E-state index >= 15 is 0 Å². The van der Waals surface area contributed by atoms with Crippen LogP contribution in [-0.2, 0) is 28.9 Å². The van der Waals surface area contributed by atoms with Crippen molar-refractivity contribution in [3.63, 3.8) is 0 Å². The lowest BCUT2D eigenvalue weighted by Crippen LogP contribution is -2.45. The highest BCUT2D eigenvalue weighted by molar-refractivity contribution is 6.32. The molecule has 0 saturated carbocycles. The van der Waals surface area contributed by atoms with Gasteiger partial charge < -0.3 is 25.2 Å². The second-order valence-electron chi connectivity index (χ2n) is 11.6. The Morgan fingerprint density at radius 1 is 1.07 bits per heavy atom. The highest BCUT2D eigenvalue weighted by Crippen LogP contribution is 2.29. The second-order valence-corrected chi connectivity index (χ2v) is 12.0. The van der Waals surface area contributed by atoms with Gasteiger partial charge in [0.15, 0.2) is 5.82 Å². The summed E-state index contributed by atoms with van der Waals surface area (Å²) in [5, 5.41) is 6.93. The SMILES string of the molecule is CN(Cc1ccc2cc1CCc1cncc(c1)Nc1ncc(Cl)c(n1)N2)C(=O)C1CCN(C(=O)OC(C)(C)C)CC1. The number of rotatable bonds is 3. The van der Waals surface area contributed by atoms with Gasteiger partial charge in [0.1, 0.15) is 10.6 Å². The number of ether oxygens (including phenoxy) is 1. The van der Waals surface area contributed by atoms with Crippen molar-refractivity contribution >= 4 is 46.7 Å². The number of aryl methyl sites for hydroxylation is 2. The standard InChI is InChI=1S/C30H36ClN7O3/c1-30(2,3)41-29(40)38-11-9-20(10-12-38)27(39)37(4)18-22-7-8-23-14-21(22)6-5-19-13-24(16-32-15-19)35-28-33-17-25(31)26(34-23)36-28/h7-8,13-17,20H,5-6,9-12,18H2,1-4H3,(H2,33,34,35,36). The average Bonchev–Trinajstić information content (AvgIpc) is 2.94. The van der Waals surface area contributed by atoms with E-state index in [1.54, 1.807) is 22.2 Å². The predicted molar refractivity (Wildman–Crippen MR) is 159 cm³/mol. The summed E-state index contributed by atoms with van der Waals surface area (Å²) in [5.74, 6) is 0.886. The van der Waals surface area contributed by atoms with Crippen LogP contribution in [0.1, 0.15) is 50.3 Å². The molecule has 41 heavy (non-hydrogen) atoms. The number of hydrogen-bond acceptors (Lipinski definition) is 8. The van der Waals surface area contributed by atoms with Gasteiger partial charge >= 0.3 is 6.09 Å². The minimum Gasteiger partial charge on any atom is -0.444 e. The van der Waals surface area contributed by atoms with E-state index in [1.807, 2.05) is 46.1 Å². The summed E-state index contributed by atoms with van der Waals surface area (Å²) in [5.41, 5.74) is 4.38. The lowest BCUT2D eigenvalue weighted by Gasteiger charge is -2.34. The molecule has 3 aromatic rings. The van der Waals surface area contributed by atoms with E-state index in [-0.39, 0.29) is 17.9 Å². The van der Waals surface area contributed by atoms with Gasteiger partial charge in [-0.15, -0.1) is 0 Å². The van der Waals surface area contributed by atoms with Gasteiger partial charge in [-0.25, -0.2) is 9.78 Å². The van der Waals surface area contributed by atoms with Crippen molar-refractivity contribution in [2.75, 3.05) is 30.8 Å². The van der Waals surface area contributed by atoms with Gasteiger partial charge in [0.05, 0.1) is 18.1 Å². The number of nitrogens with zero attached hydrogens (tertiary/aromatic N) is 5. The summed E-state index contributed by atoms with van der Waals surface area (Å²) in [6.45, 7) is 7.08. The molecule has 6 bridgehead atoms. The number of halogens is 1. The number of likely N-dealkylation sites (tertiary alicyclic amines) is 1. The lowest BCUT2D eigenvalue weighted by molar-refractivity contribution is -0.136. The molecule has 2 aliphatic rings. The molecule has 0 spiro atoms. The molecule has 0 atom stereocenters. The minimum absolute atomic E-state index is 0.0937. The van der Waals surface area contributed by atoms with Gasteiger partial charge in [-0.05, 0) is 81.3 Å². The third kappa shape index (κ3) is 7.24. The van der Waals surface area contributed by atoms with Crippen molar-refractivity contribution in [3.8, 4) is 0 Å². The van der Waals surface area contributed by atoms with E-state index in [0.717, 1.165) is 40.9 Å². The fourth-order valence-corrected chi connectivity index (χ4v) is 5.26. The van der Waals surface area contributed by atoms with Gasteiger partial charge in [0, 0.05) is 44.5 Å². The summed E-state index contributed by atoms with van der Waals surface area (Å²) in [7, 11) is 1.85. The number of fused-ring (bicyclic) bond motifs is 6. The summed E-state index contributed by atoms with van der Waals surface area (Å²) >= 11 is 6.40. The van der Waals surface area contributed by atoms with Gasteiger partial charge in [0.25, 0.3) is 0 Å². The van der Waals surface area contributed by atoms with Crippen molar-refractivity contribution < 1.29 is 14.3 Å². The molecule has 216 valence electrons. The Morgan fingerprint density at radius 2 is 1.85 bits per heavy atom. The number of benzene rings is 1. The van der Waals surface area contributed by atoms with Gasteiger partial charge in [-0.1, -0.05) is 17.7 Å². The van der Waals surface area contributed by atoms with Crippen LogP contribution in [-0.4, -0.2) is 62.5 Å². The normalized spacial score (nSPS) is 15.4. The Balaban J connectivity index is 1.31. The number of carbonyl (C=O) groups is 2. The maximum atomic E-state index is 13.4. The van der Waals surface area contributed by atoms with E-state index < -0.39 is 5.60 Å². The van der Waals surface area contributed by atoms with Gasteiger partial charge in [-0.2, -0.15) is 4.98 Å². The zero-order valence-electron chi connectivity index (χ0n) is 23.9. The smallest absolute Gasteiger partial charge is 0.410 e. The van der Waals surface area contributed by atoms with Crippen molar-refractivity contribution in [3.05, 3.63) is 64.6 Å². The molecule has 2 amide bonds. The van der Waals surface area contributed by atoms with Crippen LogP contribution in [0.4, 0.5) is 27.9 Å². The first-order chi connectivity index (χ1) is 19.5. The Bertz CT molecular complexity index is 1430. The fraction of sp³-hybridized carbons (Fsp3) is 0.433. The monoisotopic (exact) mass is 577 g/mol. The molecule has 2 aliphatic heterocycles. The second kappa shape index (κ2) is 11.9. The van der Waals surface area contributed by atoms with E-state index in [0.29, 0.717) is 49.3 Å². The molecule has 1 saturated heterocycles. The number of amides is 2. The molecule has 1 aromatic carbocycles. The Hall–Kier alpha value is -3.92. The molecular formula is C30H36ClN7O3. The van der Waals surface area contributed by atoms with Crippen molar-refractivity contribution in [2.45, 2.75) is 58.6 Å². The molecule has 2 N–H and O–H groups in total. The third-order valence-corrected chi connectivity index (χ3v) is 7.50. The first-order valence-electron chi connectivity index (χ1n) is 13.9.